The molecule has 1 aromatic carbocycles. The van der Waals surface area contributed by atoms with Gasteiger partial charge < -0.3 is 10.1 Å². The van der Waals surface area contributed by atoms with Gasteiger partial charge in [-0.15, -0.1) is 24.8 Å². The van der Waals surface area contributed by atoms with Crippen LogP contribution >= 0.6 is 24.8 Å². The van der Waals surface area contributed by atoms with Crippen molar-refractivity contribution in [3.8, 4) is 11.1 Å². The van der Waals surface area contributed by atoms with Gasteiger partial charge in [0.05, 0.1) is 12.7 Å². The Labute approximate surface area is 160 Å². The Kier molecular flexibility index (Phi) is 7.20. The van der Waals surface area contributed by atoms with Gasteiger partial charge in [0.1, 0.15) is 5.82 Å². The number of benzene rings is 1. The molecule has 2 aliphatic rings. The molecule has 1 N–H and O–H groups in total. The lowest BCUT2D eigenvalue weighted by molar-refractivity contribution is 0.00821. The molecule has 2 aliphatic heterocycles. The van der Waals surface area contributed by atoms with Gasteiger partial charge in [0.25, 0.3) is 0 Å². The second kappa shape index (κ2) is 8.95. The fourth-order valence-electron chi connectivity index (χ4n) is 3.85. The fourth-order valence-corrected chi connectivity index (χ4v) is 3.85. The van der Waals surface area contributed by atoms with E-state index in [2.05, 4.69) is 10.3 Å². The van der Waals surface area contributed by atoms with Gasteiger partial charge in [-0.2, -0.15) is 0 Å². The number of piperidine rings is 1. The van der Waals surface area contributed by atoms with Crippen molar-refractivity contribution in [3.05, 3.63) is 54.1 Å². The zero-order chi connectivity index (χ0) is 15.6. The second-order valence-corrected chi connectivity index (χ2v) is 6.54. The molecular weight excluding hydrogens is 362 g/mol. The van der Waals surface area contributed by atoms with Crippen molar-refractivity contribution in [2.45, 2.75) is 50.5 Å². The molecule has 0 radical (unpaired) electrons. The maximum absolute atomic E-state index is 14.3. The van der Waals surface area contributed by atoms with E-state index in [0.29, 0.717) is 24.3 Å². The van der Waals surface area contributed by atoms with E-state index in [1.807, 2.05) is 18.2 Å². The van der Waals surface area contributed by atoms with Crippen LogP contribution in [0, 0.1) is 5.82 Å². The molecule has 2 bridgehead atoms. The van der Waals surface area contributed by atoms with Gasteiger partial charge >= 0.3 is 0 Å². The first kappa shape index (κ1) is 20.1. The molecule has 6 heteroatoms. The number of rotatable bonds is 4. The molecule has 0 amide bonds. The summed E-state index contributed by atoms with van der Waals surface area (Å²) in [5.41, 5.74) is 2.51. The van der Waals surface area contributed by atoms with Crippen LogP contribution in [-0.2, 0) is 11.3 Å². The summed E-state index contributed by atoms with van der Waals surface area (Å²) in [6.07, 6.45) is 8.26. The largest absolute Gasteiger partial charge is 0.373 e. The third-order valence-electron chi connectivity index (χ3n) is 5.00. The SMILES string of the molecule is Cl.Cl.Fc1cccc(-c2ccncc2)c1CO[C@H]1C[C@H]2CC[C@@H](C1)N2. The standard InChI is InChI=1S/C19H21FN2O.2ClH/c20-19-3-1-2-17(13-6-8-21-9-7-13)18(19)12-23-16-10-14-4-5-15(11-16)22-14;;/h1-3,6-9,14-16,22H,4-5,10-12H2;2*1H/t14-,15+,16+;;. The minimum atomic E-state index is -0.198. The number of fused-ring (bicyclic) bond motifs is 2. The predicted octanol–water partition coefficient (Wildman–Crippen LogP) is 4.53. The number of nitrogens with one attached hydrogen (secondary N) is 1. The van der Waals surface area contributed by atoms with Gasteiger partial charge in [0.15, 0.2) is 0 Å². The lowest BCUT2D eigenvalue weighted by Gasteiger charge is -2.29. The van der Waals surface area contributed by atoms with Crippen molar-refractivity contribution in [1.82, 2.24) is 10.3 Å². The summed E-state index contributed by atoms with van der Waals surface area (Å²) in [6.45, 7) is 0.328. The third kappa shape index (κ3) is 4.50. The second-order valence-electron chi connectivity index (χ2n) is 6.54. The number of hydrogen-bond acceptors (Lipinski definition) is 3. The molecule has 2 fully saturated rings. The summed E-state index contributed by atoms with van der Waals surface area (Å²) in [5, 5.41) is 3.61. The van der Waals surface area contributed by atoms with Gasteiger partial charge in [-0.05, 0) is 55.0 Å². The van der Waals surface area contributed by atoms with Crippen LogP contribution in [0.5, 0.6) is 0 Å². The zero-order valence-corrected chi connectivity index (χ0v) is 15.5. The Balaban J connectivity index is 0.00000113. The molecule has 3 atom stereocenters. The van der Waals surface area contributed by atoms with Crippen molar-refractivity contribution in [2.24, 2.45) is 0 Å². The van der Waals surface area contributed by atoms with Crippen LogP contribution in [0.4, 0.5) is 4.39 Å². The number of aromatic nitrogens is 1. The Morgan fingerprint density at radius 1 is 1.04 bits per heavy atom. The Bertz CT molecular complexity index is 674. The monoisotopic (exact) mass is 384 g/mol. The molecule has 136 valence electrons. The van der Waals surface area contributed by atoms with E-state index in [4.69, 9.17) is 4.74 Å². The zero-order valence-electron chi connectivity index (χ0n) is 13.9. The van der Waals surface area contributed by atoms with Crippen LogP contribution in [-0.4, -0.2) is 23.2 Å². The smallest absolute Gasteiger partial charge is 0.129 e. The van der Waals surface area contributed by atoms with E-state index in [1.165, 1.54) is 18.9 Å². The third-order valence-corrected chi connectivity index (χ3v) is 5.00. The Hall–Kier alpha value is -1.20. The molecule has 0 saturated carbocycles. The van der Waals surface area contributed by atoms with Crippen LogP contribution in [0.1, 0.15) is 31.2 Å². The van der Waals surface area contributed by atoms with Crippen molar-refractivity contribution < 1.29 is 9.13 Å². The average Bonchev–Trinajstić information content (AvgIpc) is 2.93. The number of ether oxygens (including phenoxy) is 1. The summed E-state index contributed by atoms with van der Waals surface area (Å²) in [6, 6.07) is 10.2. The minimum Gasteiger partial charge on any atom is -0.373 e. The number of nitrogens with zero attached hydrogens (tertiary/aromatic N) is 1. The highest BCUT2D eigenvalue weighted by molar-refractivity contribution is 5.85. The van der Waals surface area contributed by atoms with Crippen molar-refractivity contribution >= 4 is 24.8 Å². The van der Waals surface area contributed by atoms with Gasteiger partial charge in [-0.1, -0.05) is 12.1 Å². The van der Waals surface area contributed by atoms with Crippen LogP contribution in [0.3, 0.4) is 0 Å². The number of pyridine rings is 1. The van der Waals surface area contributed by atoms with E-state index < -0.39 is 0 Å². The first-order chi connectivity index (χ1) is 11.3. The lowest BCUT2D eigenvalue weighted by Crippen LogP contribution is -2.41. The van der Waals surface area contributed by atoms with E-state index in [0.717, 1.165) is 24.0 Å². The normalized spacial score (nSPS) is 24.3. The maximum atomic E-state index is 14.3. The fraction of sp³-hybridized carbons (Fsp3) is 0.421. The quantitative estimate of drug-likeness (QED) is 0.840. The van der Waals surface area contributed by atoms with Crippen LogP contribution in [0.25, 0.3) is 11.1 Å². The molecule has 25 heavy (non-hydrogen) atoms. The van der Waals surface area contributed by atoms with E-state index in [1.54, 1.807) is 18.5 Å². The maximum Gasteiger partial charge on any atom is 0.129 e. The van der Waals surface area contributed by atoms with Crippen molar-refractivity contribution in [1.29, 1.82) is 0 Å². The molecule has 0 unspecified atom stereocenters. The molecule has 2 saturated heterocycles. The molecule has 0 spiro atoms. The van der Waals surface area contributed by atoms with E-state index in [9.17, 15) is 4.39 Å². The summed E-state index contributed by atoms with van der Waals surface area (Å²) in [5.74, 6) is -0.198. The van der Waals surface area contributed by atoms with E-state index in [-0.39, 0.29) is 36.7 Å². The van der Waals surface area contributed by atoms with Gasteiger partial charge in [-0.25, -0.2) is 4.39 Å². The van der Waals surface area contributed by atoms with Crippen molar-refractivity contribution in [3.63, 3.8) is 0 Å². The summed E-state index contributed by atoms with van der Waals surface area (Å²) < 4.78 is 20.4. The van der Waals surface area contributed by atoms with Crippen molar-refractivity contribution in [2.75, 3.05) is 0 Å². The average molecular weight is 385 g/mol. The number of halogens is 3. The molecule has 1 aromatic heterocycles. The van der Waals surface area contributed by atoms with E-state index >= 15 is 0 Å². The van der Waals surface area contributed by atoms with Crippen LogP contribution < -0.4 is 5.32 Å². The highest BCUT2D eigenvalue weighted by Gasteiger charge is 2.34. The first-order valence-electron chi connectivity index (χ1n) is 8.35. The van der Waals surface area contributed by atoms with Gasteiger partial charge in [0, 0.05) is 30.0 Å². The molecule has 2 aromatic rings. The molecular formula is C19H23Cl2FN2O. The lowest BCUT2D eigenvalue weighted by atomic mass is 10.00. The van der Waals surface area contributed by atoms with Gasteiger partial charge in [-0.3, -0.25) is 4.98 Å². The first-order valence-corrected chi connectivity index (χ1v) is 8.35. The molecule has 3 heterocycles. The Morgan fingerprint density at radius 3 is 2.40 bits per heavy atom. The minimum absolute atomic E-state index is 0. The number of hydrogen-bond donors (Lipinski definition) is 1. The molecule has 4 rings (SSSR count). The molecule has 3 nitrogen and oxygen atoms in total. The predicted molar refractivity (Wildman–Crippen MR) is 102 cm³/mol. The summed E-state index contributed by atoms with van der Waals surface area (Å²) in [7, 11) is 0. The van der Waals surface area contributed by atoms with Gasteiger partial charge in [0.2, 0.25) is 0 Å². The van der Waals surface area contributed by atoms with Crippen LogP contribution in [0.2, 0.25) is 0 Å². The summed E-state index contributed by atoms with van der Waals surface area (Å²) in [4.78, 5) is 4.03. The topological polar surface area (TPSA) is 34.1 Å². The highest BCUT2D eigenvalue weighted by Crippen LogP contribution is 2.31. The highest BCUT2D eigenvalue weighted by atomic mass is 35.5. The molecule has 0 aliphatic carbocycles. The Morgan fingerprint density at radius 2 is 1.72 bits per heavy atom. The summed E-state index contributed by atoms with van der Waals surface area (Å²) >= 11 is 0. The van der Waals surface area contributed by atoms with Crippen LogP contribution in [0.15, 0.2) is 42.7 Å².